The minimum absolute atomic E-state index is 0.0166. The van der Waals surface area contributed by atoms with E-state index in [0.29, 0.717) is 5.56 Å². The predicted octanol–water partition coefficient (Wildman–Crippen LogP) is 6.18. The van der Waals surface area contributed by atoms with Crippen molar-refractivity contribution in [2.24, 2.45) is 4.99 Å². The van der Waals surface area contributed by atoms with E-state index in [1.807, 2.05) is 30.3 Å². The molecule has 0 amide bonds. The zero-order valence-electron chi connectivity index (χ0n) is 17.5. The summed E-state index contributed by atoms with van der Waals surface area (Å²) >= 11 is 0. The number of rotatable bonds is 6. The molecule has 0 saturated heterocycles. The van der Waals surface area contributed by atoms with E-state index in [4.69, 9.17) is 4.99 Å². The molecule has 0 bridgehead atoms. The summed E-state index contributed by atoms with van der Waals surface area (Å²) in [6.07, 6.45) is 3.18. The Bertz CT molecular complexity index is 1060. The van der Waals surface area contributed by atoms with E-state index in [1.54, 1.807) is 0 Å². The Balaban J connectivity index is 1.66. The molecule has 0 N–H and O–H groups in total. The maximum Gasteiger partial charge on any atom is 0.146 e. The molecule has 0 fully saturated rings. The Morgan fingerprint density at radius 1 is 0.933 bits per heavy atom. The first-order chi connectivity index (χ1) is 14.7. The molecule has 0 saturated carbocycles. The molecule has 4 rings (SSSR count). The number of unbranched alkanes of at least 4 members (excludes halogenated alkanes) is 1. The summed E-state index contributed by atoms with van der Waals surface area (Å²) in [5.41, 5.74) is 4.98. The van der Waals surface area contributed by atoms with Crippen LogP contribution in [0.4, 0.5) is 5.69 Å². The van der Waals surface area contributed by atoms with Gasteiger partial charge in [0.15, 0.2) is 0 Å². The molecule has 1 aliphatic rings. The van der Waals surface area contributed by atoms with Crippen molar-refractivity contribution in [3.05, 3.63) is 90.0 Å². The average molecular weight is 395 g/mol. The van der Waals surface area contributed by atoms with Gasteiger partial charge in [-0.2, -0.15) is 10.3 Å². The fraction of sp³-hybridized carbons (Fsp3) is 0.231. The molecule has 4 nitrogen and oxygen atoms in total. The van der Waals surface area contributed by atoms with Crippen molar-refractivity contribution in [1.29, 1.82) is 5.26 Å². The first-order valence-electron chi connectivity index (χ1n) is 10.5. The molecule has 3 aromatic rings. The summed E-state index contributed by atoms with van der Waals surface area (Å²) in [5, 5.41) is 13.9. The van der Waals surface area contributed by atoms with Gasteiger partial charge in [-0.05, 0) is 41.3 Å². The van der Waals surface area contributed by atoms with E-state index in [-0.39, 0.29) is 6.17 Å². The second kappa shape index (κ2) is 8.94. The van der Waals surface area contributed by atoms with Gasteiger partial charge in [0, 0.05) is 13.5 Å². The van der Waals surface area contributed by atoms with Gasteiger partial charge < -0.3 is 0 Å². The Hall–Kier alpha value is -3.42. The van der Waals surface area contributed by atoms with Crippen LogP contribution in [-0.4, -0.2) is 17.9 Å². The molecule has 1 unspecified atom stereocenters. The van der Waals surface area contributed by atoms with Crippen molar-refractivity contribution >= 4 is 11.5 Å². The molecular weight excluding hydrogens is 368 g/mol. The molecule has 3 aromatic carbocycles. The summed E-state index contributed by atoms with van der Waals surface area (Å²) in [4.78, 5) is 5.07. The third-order valence-electron chi connectivity index (χ3n) is 5.51. The number of hydrogen-bond donors (Lipinski definition) is 0. The number of hydrazine groups is 1. The molecule has 0 aromatic heterocycles. The molecule has 0 aliphatic carbocycles. The number of hydrogen-bond acceptors (Lipinski definition) is 4. The van der Waals surface area contributed by atoms with Crippen molar-refractivity contribution in [2.75, 3.05) is 12.1 Å². The molecule has 1 atom stereocenters. The summed E-state index contributed by atoms with van der Waals surface area (Å²) in [7, 11) is 2.10. The Labute approximate surface area is 178 Å². The van der Waals surface area contributed by atoms with Gasteiger partial charge in [-0.15, -0.1) is 0 Å². The van der Waals surface area contributed by atoms with Gasteiger partial charge in [0.25, 0.3) is 0 Å². The van der Waals surface area contributed by atoms with E-state index in [9.17, 15) is 5.26 Å². The van der Waals surface area contributed by atoms with Crippen LogP contribution in [0.3, 0.4) is 0 Å². The fourth-order valence-corrected chi connectivity index (χ4v) is 3.94. The predicted molar refractivity (Wildman–Crippen MR) is 123 cm³/mol. The number of benzene rings is 3. The maximum absolute atomic E-state index is 9.42. The van der Waals surface area contributed by atoms with Crippen molar-refractivity contribution in [1.82, 2.24) is 5.01 Å². The van der Waals surface area contributed by atoms with Gasteiger partial charge in [-0.25, -0.2) is 4.99 Å². The van der Waals surface area contributed by atoms with Crippen LogP contribution in [0.1, 0.15) is 43.5 Å². The summed E-state index contributed by atoms with van der Waals surface area (Å²) in [6.45, 7) is 2.21. The lowest BCUT2D eigenvalue weighted by atomic mass is 10.0. The highest BCUT2D eigenvalue weighted by Gasteiger charge is 2.32. The van der Waals surface area contributed by atoms with Gasteiger partial charge in [0.05, 0.1) is 17.3 Å². The SMILES string of the molecule is CCCCC1=NC(c2ccccc2)N(C)N1c1ccc(-c2ccccc2C#N)cc1. The highest BCUT2D eigenvalue weighted by Crippen LogP contribution is 2.35. The Kier molecular flexibility index (Phi) is 5.92. The van der Waals surface area contributed by atoms with Crippen molar-refractivity contribution in [2.45, 2.75) is 32.4 Å². The zero-order valence-corrected chi connectivity index (χ0v) is 17.5. The van der Waals surface area contributed by atoms with Gasteiger partial charge >= 0.3 is 0 Å². The summed E-state index contributed by atoms with van der Waals surface area (Å²) in [6, 6.07) is 28.9. The first-order valence-corrected chi connectivity index (χ1v) is 10.5. The molecule has 30 heavy (non-hydrogen) atoms. The third-order valence-corrected chi connectivity index (χ3v) is 5.51. The normalized spacial score (nSPS) is 16.4. The molecule has 0 spiro atoms. The van der Waals surface area contributed by atoms with Gasteiger partial charge in [0.1, 0.15) is 12.0 Å². The van der Waals surface area contributed by atoms with Gasteiger partial charge in [-0.3, -0.25) is 5.01 Å². The lowest BCUT2D eigenvalue weighted by molar-refractivity contribution is 0.288. The van der Waals surface area contributed by atoms with E-state index in [0.717, 1.165) is 41.9 Å². The van der Waals surface area contributed by atoms with Crippen LogP contribution in [-0.2, 0) is 0 Å². The molecular formula is C26H26N4. The number of nitriles is 1. The highest BCUT2D eigenvalue weighted by molar-refractivity contribution is 5.98. The minimum atomic E-state index is -0.0166. The standard InChI is InChI=1S/C26H26N4/c1-3-4-14-25-28-26(21-10-6-5-7-11-21)29(2)30(25)23-17-15-20(16-18-23)24-13-9-8-12-22(24)19-27/h5-13,15-18,26H,3-4,14H2,1-2H3. The van der Waals surface area contributed by atoms with E-state index in [1.165, 1.54) is 5.56 Å². The molecule has 0 radical (unpaired) electrons. The number of nitrogens with zero attached hydrogens (tertiary/aromatic N) is 4. The summed E-state index contributed by atoms with van der Waals surface area (Å²) in [5.74, 6) is 1.10. The molecule has 1 heterocycles. The largest absolute Gasteiger partial charge is 0.259 e. The average Bonchev–Trinajstić information content (AvgIpc) is 3.14. The van der Waals surface area contributed by atoms with Crippen LogP contribution < -0.4 is 5.01 Å². The molecule has 1 aliphatic heterocycles. The Morgan fingerprint density at radius 3 is 2.33 bits per heavy atom. The lowest BCUT2D eigenvalue weighted by Crippen LogP contribution is -2.39. The van der Waals surface area contributed by atoms with Crippen molar-refractivity contribution < 1.29 is 0 Å². The lowest BCUT2D eigenvalue weighted by Gasteiger charge is -2.30. The number of anilines is 1. The van der Waals surface area contributed by atoms with Crippen molar-refractivity contribution in [3.8, 4) is 17.2 Å². The van der Waals surface area contributed by atoms with Crippen LogP contribution >= 0.6 is 0 Å². The summed E-state index contributed by atoms with van der Waals surface area (Å²) < 4.78 is 0. The first kappa shape index (κ1) is 19.9. The molecule has 150 valence electrons. The second-order valence-electron chi connectivity index (χ2n) is 7.52. The smallest absolute Gasteiger partial charge is 0.146 e. The van der Waals surface area contributed by atoms with Crippen LogP contribution in [0.2, 0.25) is 0 Å². The topological polar surface area (TPSA) is 42.6 Å². The quantitative estimate of drug-likeness (QED) is 0.501. The van der Waals surface area contributed by atoms with Gasteiger partial charge in [-0.1, -0.05) is 74.0 Å². The fourth-order valence-electron chi connectivity index (χ4n) is 3.94. The van der Waals surface area contributed by atoms with Crippen LogP contribution in [0, 0.1) is 11.3 Å². The zero-order chi connectivity index (χ0) is 20.9. The van der Waals surface area contributed by atoms with Crippen molar-refractivity contribution in [3.63, 3.8) is 0 Å². The minimum Gasteiger partial charge on any atom is -0.259 e. The highest BCUT2D eigenvalue weighted by atomic mass is 15.7. The van der Waals surface area contributed by atoms with E-state index >= 15 is 0 Å². The van der Waals surface area contributed by atoms with E-state index < -0.39 is 0 Å². The van der Waals surface area contributed by atoms with Gasteiger partial charge in [0.2, 0.25) is 0 Å². The Morgan fingerprint density at radius 2 is 1.63 bits per heavy atom. The monoisotopic (exact) mass is 394 g/mol. The second-order valence-corrected chi connectivity index (χ2v) is 7.52. The van der Waals surface area contributed by atoms with E-state index in [2.05, 4.69) is 78.6 Å². The maximum atomic E-state index is 9.42. The number of aliphatic imine (C=N–C) groups is 1. The molecule has 4 heteroatoms. The van der Waals surface area contributed by atoms with Crippen LogP contribution in [0.25, 0.3) is 11.1 Å². The van der Waals surface area contributed by atoms with Crippen LogP contribution in [0.15, 0.2) is 83.9 Å². The number of amidine groups is 1. The third kappa shape index (κ3) is 3.85. The van der Waals surface area contributed by atoms with Crippen LogP contribution in [0.5, 0.6) is 0 Å².